The van der Waals surface area contributed by atoms with Crippen molar-refractivity contribution in [3.63, 3.8) is 0 Å². The molecule has 2 heterocycles. The Hall–Kier alpha value is -2.81. The highest BCUT2D eigenvalue weighted by Crippen LogP contribution is 2.24. The molecule has 0 spiro atoms. The van der Waals surface area contributed by atoms with Gasteiger partial charge in [-0.3, -0.25) is 13.9 Å². The molecule has 0 radical (unpaired) electrons. The molecule has 2 aromatic rings. The summed E-state index contributed by atoms with van der Waals surface area (Å²) >= 11 is 0. The molecule has 22 heavy (non-hydrogen) atoms. The number of fused-ring (bicyclic) bond motifs is 1. The molecule has 0 unspecified atom stereocenters. The number of benzene rings is 1. The van der Waals surface area contributed by atoms with Crippen LogP contribution in [-0.2, 0) is 27.1 Å². The van der Waals surface area contributed by atoms with Gasteiger partial charge in [-0.1, -0.05) is 24.3 Å². The van der Waals surface area contributed by atoms with E-state index < -0.39 is 11.2 Å². The zero-order chi connectivity index (χ0) is 15.9. The largest absolute Gasteiger partial charge is 0.352 e. The van der Waals surface area contributed by atoms with E-state index in [9.17, 15) is 14.9 Å². The van der Waals surface area contributed by atoms with Crippen LogP contribution in [0.25, 0.3) is 0 Å². The maximum absolute atomic E-state index is 12.2. The van der Waals surface area contributed by atoms with Crippen molar-refractivity contribution in [2.24, 2.45) is 14.1 Å². The highest BCUT2D eigenvalue weighted by molar-refractivity contribution is 5.55. The van der Waals surface area contributed by atoms with Crippen LogP contribution in [0, 0.1) is 11.3 Å². The van der Waals surface area contributed by atoms with Gasteiger partial charge in [0.05, 0.1) is 0 Å². The van der Waals surface area contributed by atoms with E-state index in [-0.39, 0.29) is 5.56 Å². The van der Waals surface area contributed by atoms with Crippen molar-refractivity contribution in [2.45, 2.75) is 13.0 Å². The Morgan fingerprint density at radius 3 is 2.45 bits per heavy atom. The Bertz CT molecular complexity index is 902. The first kappa shape index (κ1) is 14.1. The topological polar surface area (TPSA) is 71.0 Å². The monoisotopic (exact) mass is 296 g/mol. The summed E-state index contributed by atoms with van der Waals surface area (Å²) in [6.07, 6.45) is 0.824. The summed E-state index contributed by atoms with van der Waals surface area (Å²) < 4.78 is 2.35. The maximum atomic E-state index is 12.2. The molecule has 0 fully saturated rings. The van der Waals surface area contributed by atoms with Crippen molar-refractivity contribution >= 4 is 5.82 Å². The predicted molar refractivity (Wildman–Crippen MR) is 82.8 cm³/mol. The molecule has 1 aliphatic rings. The molecule has 0 saturated carbocycles. The van der Waals surface area contributed by atoms with Gasteiger partial charge in [-0.15, -0.1) is 0 Å². The normalized spacial score (nSPS) is 13.6. The van der Waals surface area contributed by atoms with Gasteiger partial charge in [0.2, 0.25) is 0 Å². The average molecular weight is 296 g/mol. The highest BCUT2D eigenvalue weighted by atomic mass is 16.2. The Kier molecular flexibility index (Phi) is 3.33. The molecular formula is C16H16N4O2. The van der Waals surface area contributed by atoms with Crippen molar-refractivity contribution in [3.05, 3.63) is 61.8 Å². The lowest BCUT2D eigenvalue weighted by Crippen LogP contribution is -2.43. The van der Waals surface area contributed by atoms with Crippen LogP contribution >= 0.6 is 0 Å². The van der Waals surface area contributed by atoms with Gasteiger partial charge >= 0.3 is 5.69 Å². The first-order chi connectivity index (χ1) is 10.5. The summed E-state index contributed by atoms with van der Waals surface area (Å²) in [7, 11) is 2.99. The highest BCUT2D eigenvalue weighted by Gasteiger charge is 2.24. The Labute approximate surface area is 127 Å². The Morgan fingerprint density at radius 2 is 1.77 bits per heavy atom. The number of rotatable bonds is 1. The van der Waals surface area contributed by atoms with E-state index in [1.807, 2.05) is 29.2 Å². The fourth-order valence-corrected chi connectivity index (χ4v) is 2.98. The molecule has 0 N–H and O–H groups in total. The second-order valence-electron chi connectivity index (χ2n) is 5.46. The zero-order valence-corrected chi connectivity index (χ0v) is 12.5. The van der Waals surface area contributed by atoms with Gasteiger partial charge in [-0.25, -0.2) is 4.79 Å². The lowest BCUT2D eigenvalue weighted by molar-refractivity contribution is 0.636. The summed E-state index contributed by atoms with van der Waals surface area (Å²) in [6.45, 7) is 1.26. The molecule has 0 atom stereocenters. The minimum atomic E-state index is -0.542. The fourth-order valence-electron chi connectivity index (χ4n) is 2.98. The molecule has 112 valence electrons. The van der Waals surface area contributed by atoms with E-state index in [1.165, 1.54) is 17.2 Å². The maximum Gasteiger partial charge on any atom is 0.332 e. The zero-order valence-electron chi connectivity index (χ0n) is 12.5. The molecule has 1 aliphatic heterocycles. The molecule has 6 heteroatoms. The van der Waals surface area contributed by atoms with Crippen molar-refractivity contribution in [1.29, 1.82) is 5.26 Å². The predicted octanol–water partition coefficient (Wildman–Crippen LogP) is 0.518. The Morgan fingerprint density at radius 1 is 1.09 bits per heavy atom. The quantitative estimate of drug-likeness (QED) is 0.769. The number of nitrogens with zero attached hydrogens (tertiary/aromatic N) is 4. The standard InChI is InChI=1S/C16H16N4O2/c1-18-14(13(9-17)15(21)19(2)16(18)22)20-8-7-11-5-3-4-6-12(11)10-20/h3-6H,7-8,10H2,1-2H3. The van der Waals surface area contributed by atoms with Gasteiger partial charge in [-0.05, 0) is 17.5 Å². The average Bonchev–Trinajstić information content (AvgIpc) is 2.55. The summed E-state index contributed by atoms with van der Waals surface area (Å²) in [5.74, 6) is 0.408. The fraction of sp³-hybridized carbons (Fsp3) is 0.312. The molecule has 0 saturated heterocycles. The van der Waals surface area contributed by atoms with E-state index in [2.05, 4.69) is 6.07 Å². The van der Waals surface area contributed by atoms with E-state index in [1.54, 1.807) is 7.05 Å². The van der Waals surface area contributed by atoms with Crippen molar-refractivity contribution < 1.29 is 0 Å². The first-order valence-electron chi connectivity index (χ1n) is 7.06. The lowest BCUT2D eigenvalue weighted by Gasteiger charge is -2.32. The van der Waals surface area contributed by atoms with Crippen molar-refractivity contribution in [3.8, 4) is 6.07 Å². The molecular weight excluding hydrogens is 280 g/mol. The van der Waals surface area contributed by atoms with Gasteiger partial charge in [0.25, 0.3) is 5.56 Å². The van der Waals surface area contributed by atoms with Gasteiger partial charge in [0, 0.05) is 27.2 Å². The van der Waals surface area contributed by atoms with Crippen LogP contribution in [0.4, 0.5) is 5.82 Å². The summed E-state index contributed by atoms with van der Waals surface area (Å²) in [5.41, 5.74) is 1.48. The molecule has 0 bridgehead atoms. The number of hydrogen-bond acceptors (Lipinski definition) is 4. The van der Waals surface area contributed by atoms with Gasteiger partial charge in [0.1, 0.15) is 11.9 Å². The SMILES string of the molecule is Cn1c(N2CCc3ccccc3C2)c(C#N)c(=O)n(C)c1=O. The first-order valence-corrected chi connectivity index (χ1v) is 7.06. The smallest absolute Gasteiger partial charge is 0.332 e. The Balaban J connectivity index is 2.17. The second kappa shape index (κ2) is 5.19. The number of aromatic nitrogens is 2. The number of anilines is 1. The third-order valence-electron chi connectivity index (χ3n) is 4.18. The third-order valence-corrected chi connectivity index (χ3v) is 4.18. The summed E-state index contributed by atoms with van der Waals surface area (Å²) in [4.78, 5) is 26.3. The van der Waals surface area contributed by atoms with Gasteiger partial charge in [0.15, 0.2) is 5.56 Å². The molecule has 3 rings (SSSR count). The molecule has 0 aliphatic carbocycles. The van der Waals surface area contributed by atoms with Crippen molar-refractivity contribution in [1.82, 2.24) is 9.13 Å². The van der Waals surface area contributed by atoms with Crippen LogP contribution in [0.1, 0.15) is 16.7 Å². The van der Waals surface area contributed by atoms with E-state index in [0.29, 0.717) is 18.9 Å². The van der Waals surface area contributed by atoms with Crippen LogP contribution in [-0.4, -0.2) is 15.7 Å². The summed E-state index contributed by atoms with van der Waals surface area (Å²) in [5, 5.41) is 9.36. The number of hydrogen-bond donors (Lipinski definition) is 0. The summed E-state index contributed by atoms with van der Waals surface area (Å²) in [6, 6.07) is 10.0. The minimum absolute atomic E-state index is 0.0176. The van der Waals surface area contributed by atoms with Crippen LogP contribution in [0.2, 0.25) is 0 Å². The van der Waals surface area contributed by atoms with Crippen LogP contribution in [0.15, 0.2) is 33.9 Å². The third kappa shape index (κ3) is 2.02. The van der Waals surface area contributed by atoms with Crippen LogP contribution in [0.5, 0.6) is 0 Å². The van der Waals surface area contributed by atoms with Gasteiger partial charge < -0.3 is 4.90 Å². The van der Waals surface area contributed by atoms with Gasteiger partial charge in [-0.2, -0.15) is 5.26 Å². The molecule has 0 amide bonds. The lowest BCUT2D eigenvalue weighted by atomic mass is 10.00. The number of nitriles is 1. The second-order valence-corrected chi connectivity index (χ2v) is 5.46. The molecule has 1 aromatic heterocycles. The van der Waals surface area contributed by atoms with E-state index >= 15 is 0 Å². The van der Waals surface area contributed by atoms with E-state index in [4.69, 9.17) is 0 Å². The van der Waals surface area contributed by atoms with Crippen molar-refractivity contribution in [2.75, 3.05) is 11.4 Å². The molecule has 6 nitrogen and oxygen atoms in total. The van der Waals surface area contributed by atoms with Crippen LogP contribution < -0.4 is 16.1 Å². The van der Waals surface area contributed by atoms with E-state index in [0.717, 1.165) is 16.6 Å². The molecule has 1 aromatic carbocycles. The van der Waals surface area contributed by atoms with Crippen LogP contribution in [0.3, 0.4) is 0 Å². The minimum Gasteiger partial charge on any atom is -0.352 e.